The Morgan fingerprint density at radius 2 is 1.52 bits per heavy atom. The molecule has 0 atom stereocenters. The predicted octanol–water partition coefficient (Wildman–Crippen LogP) is 3.21. The van der Waals surface area contributed by atoms with E-state index in [1.165, 1.54) is 0 Å². The number of ether oxygens (including phenoxy) is 4. The van der Waals surface area contributed by atoms with Gasteiger partial charge in [0.15, 0.2) is 16.6 Å². The van der Waals surface area contributed by atoms with Crippen LogP contribution in [0.1, 0.15) is 5.56 Å². The highest BCUT2D eigenvalue weighted by Crippen LogP contribution is 2.29. The van der Waals surface area contributed by atoms with Gasteiger partial charge >= 0.3 is 0 Å². The van der Waals surface area contributed by atoms with Crippen LogP contribution in [0.4, 0.5) is 5.69 Å². The summed E-state index contributed by atoms with van der Waals surface area (Å²) in [5, 5.41) is 6.74. The maximum absolute atomic E-state index is 5.36. The smallest absolute Gasteiger partial charge is 0.171 e. The lowest BCUT2D eigenvalue weighted by Gasteiger charge is -2.15. The molecule has 0 bridgehead atoms. The van der Waals surface area contributed by atoms with Gasteiger partial charge in [-0.05, 0) is 42.0 Å². The molecule has 0 aliphatic rings. The van der Waals surface area contributed by atoms with Crippen molar-refractivity contribution in [1.82, 2.24) is 5.32 Å². The molecule has 0 spiro atoms. The molecule has 2 N–H and O–H groups in total. The van der Waals surface area contributed by atoms with Crippen molar-refractivity contribution < 1.29 is 18.9 Å². The first-order chi connectivity index (χ1) is 12.1. The maximum atomic E-state index is 5.36. The van der Waals surface area contributed by atoms with Gasteiger partial charge in [-0.25, -0.2) is 0 Å². The topological polar surface area (TPSA) is 61.0 Å². The summed E-state index contributed by atoms with van der Waals surface area (Å²) in [6.45, 7) is 0.540. The van der Waals surface area contributed by atoms with Gasteiger partial charge in [0.1, 0.15) is 11.5 Å². The van der Waals surface area contributed by atoms with Crippen LogP contribution in [-0.2, 0) is 6.54 Å². The normalized spacial score (nSPS) is 9.92. The summed E-state index contributed by atoms with van der Waals surface area (Å²) in [6.07, 6.45) is 0. The zero-order chi connectivity index (χ0) is 18.2. The summed E-state index contributed by atoms with van der Waals surface area (Å²) < 4.78 is 21.1. The van der Waals surface area contributed by atoms with E-state index >= 15 is 0 Å². The molecular weight excluding hydrogens is 340 g/mol. The van der Waals surface area contributed by atoms with Gasteiger partial charge in [-0.3, -0.25) is 0 Å². The summed E-state index contributed by atoms with van der Waals surface area (Å²) in [5.74, 6) is 2.75. The number of hydrogen-bond donors (Lipinski definition) is 2. The molecule has 0 aliphatic carbocycles. The first kappa shape index (κ1) is 18.7. The molecule has 7 heteroatoms. The number of benzene rings is 2. The van der Waals surface area contributed by atoms with Crippen molar-refractivity contribution in [3.05, 3.63) is 42.0 Å². The van der Waals surface area contributed by atoms with Crippen LogP contribution in [0.3, 0.4) is 0 Å². The molecule has 0 heterocycles. The molecule has 0 aliphatic heterocycles. The standard InChI is InChI=1S/C18H22N2O4S/c1-21-13-6-8-15(22-2)14(10-13)20-18(25)19-11-12-5-7-16(23-3)17(9-12)24-4/h5-10H,11H2,1-4H3,(H2,19,20,25). The number of anilines is 1. The van der Waals surface area contributed by atoms with Gasteiger partial charge in [0, 0.05) is 12.6 Å². The van der Waals surface area contributed by atoms with E-state index in [2.05, 4.69) is 10.6 Å². The van der Waals surface area contributed by atoms with Crippen molar-refractivity contribution in [3.63, 3.8) is 0 Å². The molecule has 2 aromatic carbocycles. The molecular formula is C18H22N2O4S. The minimum absolute atomic E-state index is 0.473. The van der Waals surface area contributed by atoms with Crippen molar-refractivity contribution in [2.45, 2.75) is 6.54 Å². The van der Waals surface area contributed by atoms with Crippen molar-refractivity contribution >= 4 is 23.0 Å². The van der Waals surface area contributed by atoms with Crippen LogP contribution < -0.4 is 29.6 Å². The first-order valence-electron chi connectivity index (χ1n) is 7.59. The number of methoxy groups -OCH3 is 4. The van der Waals surface area contributed by atoms with Crippen molar-refractivity contribution in [3.8, 4) is 23.0 Å². The third-order valence-electron chi connectivity index (χ3n) is 3.56. The fourth-order valence-electron chi connectivity index (χ4n) is 2.25. The lowest BCUT2D eigenvalue weighted by Crippen LogP contribution is -2.28. The second-order valence-electron chi connectivity index (χ2n) is 5.06. The van der Waals surface area contributed by atoms with Gasteiger partial charge in [0.05, 0.1) is 34.1 Å². The van der Waals surface area contributed by atoms with Crippen molar-refractivity contribution in [1.29, 1.82) is 0 Å². The predicted molar refractivity (Wildman–Crippen MR) is 102 cm³/mol. The molecule has 134 valence electrons. The maximum Gasteiger partial charge on any atom is 0.171 e. The Kier molecular flexibility index (Phi) is 6.71. The van der Waals surface area contributed by atoms with E-state index < -0.39 is 0 Å². The third-order valence-corrected chi connectivity index (χ3v) is 3.80. The fourth-order valence-corrected chi connectivity index (χ4v) is 2.43. The van der Waals surface area contributed by atoms with Gasteiger partial charge in [-0.1, -0.05) is 6.07 Å². The van der Waals surface area contributed by atoms with Crippen LogP contribution in [-0.4, -0.2) is 33.6 Å². The summed E-state index contributed by atoms with van der Waals surface area (Å²) >= 11 is 5.36. The Balaban J connectivity index is 2.01. The lowest BCUT2D eigenvalue weighted by molar-refractivity contribution is 0.354. The molecule has 0 unspecified atom stereocenters. The second kappa shape index (κ2) is 8.98. The van der Waals surface area contributed by atoms with Crippen molar-refractivity contribution in [2.75, 3.05) is 33.8 Å². The van der Waals surface area contributed by atoms with E-state index in [9.17, 15) is 0 Å². The fraction of sp³-hybridized carbons (Fsp3) is 0.278. The van der Waals surface area contributed by atoms with Gasteiger partial charge in [0.25, 0.3) is 0 Å². The van der Waals surface area contributed by atoms with Crippen LogP contribution in [0.15, 0.2) is 36.4 Å². The number of thiocarbonyl (C=S) groups is 1. The van der Waals surface area contributed by atoms with Crippen LogP contribution in [0.2, 0.25) is 0 Å². The molecule has 2 rings (SSSR count). The van der Waals surface area contributed by atoms with Gasteiger partial charge in [0.2, 0.25) is 0 Å². The quantitative estimate of drug-likeness (QED) is 0.734. The average Bonchev–Trinajstić information content (AvgIpc) is 2.65. The first-order valence-corrected chi connectivity index (χ1v) is 8.00. The molecule has 25 heavy (non-hydrogen) atoms. The van der Waals surface area contributed by atoms with Crippen LogP contribution in [0, 0.1) is 0 Å². The number of rotatable bonds is 7. The second-order valence-corrected chi connectivity index (χ2v) is 5.47. The van der Waals surface area contributed by atoms with Gasteiger partial charge < -0.3 is 29.6 Å². The zero-order valence-electron chi connectivity index (χ0n) is 14.7. The van der Waals surface area contributed by atoms with Crippen LogP contribution in [0.25, 0.3) is 0 Å². The van der Waals surface area contributed by atoms with E-state index in [0.29, 0.717) is 34.7 Å². The Hall–Kier alpha value is -2.67. The molecule has 6 nitrogen and oxygen atoms in total. The molecule has 0 radical (unpaired) electrons. The molecule has 0 amide bonds. The van der Waals surface area contributed by atoms with Crippen LogP contribution >= 0.6 is 12.2 Å². The van der Waals surface area contributed by atoms with E-state index in [1.807, 2.05) is 36.4 Å². The lowest BCUT2D eigenvalue weighted by atomic mass is 10.2. The summed E-state index contributed by atoms with van der Waals surface area (Å²) in [5.41, 5.74) is 1.74. The molecule has 0 aromatic heterocycles. The molecule has 0 saturated carbocycles. The van der Waals surface area contributed by atoms with E-state index in [0.717, 1.165) is 11.3 Å². The Labute approximate surface area is 153 Å². The SMILES string of the molecule is COc1ccc(OC)c(NC(=S)NCc2ccc(OC)c(OC)c2)c1. The van der Waals surface area contributed by atoms with Crippen molar-refractivity contribution in [2.24, 2.45) is 0 Å². The minimum atomic E-state index is 0.473. The largest absolute Gasteiger partial charge is 0.497 e. The van der Waals surface area contributed by atoms with E-state index in [4.69, 9.17) is 31.2 Å². The Bertz CT molecular complexity index is 737. The van der Waals surface area contributed by atoms with Crippen LogP contribution in [0.5, 0.6) is 23.0 Å². The third kappa shape index (κ3) is 4.90. The number of hydrogen-bond acceptors (Lipinski definition) is 5. The average molecular weight is 362 g/mol. The Morgan fingerprint density at radius 1 is 0.840 bits per heavy atom. The monoisotopic (exact) mass is 362 g/mol. The highest BCUT2D eigenvalue weighted by atomic mass is 32.1. The van der Waals surface area contributed by atoms with Gasteiger partial charge in [-0.2, -0.15) is 0 Å². The number of nitrogens with one attached hydrogen (secondary N) is 2. The molecule has 2 aromatic rings. The zero-order valence-corrected chi connectivity index (χ0v) is 15.5. The minimum Gasteiger partial charge on any atom is -0.497 e. The molecule has 0 saturated heterocycles. The van der Waals surface area contributed by atoms with Gasteiger partial charge in [-0.15, -0.1) is 0 Å². The highest BCUT2D eigenvalue weighted by Gasteiger charge is 2.08. The molecule has 0 fully saturated rings. The van der Waals surface area contributed by atoms with E-state index in [-0.39, 0.29) is 0 Å². The summed E-state index contributed by atoms with van der Waals surface area (Å²) in [4.78, 5) is 0. The summed E-state index contributed by atoms with van der Waals surface area (Å²) in [7, 11) is 6.43. The Morgan fingerprint density at radius 3 is 2.16 bits per heavy atom. The van der Waals surface area contributed by atoms with E-state index in [1.54, 1.807) is 28.4 Å². The highest BCUT2D eigenvalue weighted by molar-refractivity contribution is 7.80. The summed E-state index contributed by atoms with van der Waals surface area (Å²) in [6, 6.07) is 11.2.